The molecule has 0 amide bonds. The summed E-state index contributed by atoms with van der Waals surface area (Å²) in [6, 6.07) is 0. The minimum absolute atomic E-state index is 0.168. The molecular weight excluding hydrogens is 168 g/mol. The van der Waals surface area contributed by atoms with Gasteiger partial charge in [-0.2, -0.15) is 0 Å². The maximum atomic E-state index is 11.1. The average molecular weight is 184 g/mol. The quantitative estimate of drug-likeness (QED) is 0.627. The number of carbonyl (C=O) groups is 2. The first-order valence-electron chi connectivity index (χ1n) is 4.81. The number of hydrogen-bond donors (Lipinski definition) is 0. The summed E-state index contributed by atoms with van der Waals surface area (Å²) in [6.45, 7) is 0. The molecule has 1 fully saturated rings. The van der Waals surface area contributed by atoms with Gasteiger partial charge in [-0.25, -0.2) is 0 Å². The Morgan fingerprint density at radius 2 is 2.38 bits per heavy atom. The molecule has 0 saturated heterocycles. The van der Waals surface area contributed by atoms with Crippen LogP contribution in [0, 0.1) is 5.92 Å². The van der Waals surface area contributed by atoms with Crippen molar-refractivity contribution in [2.45, 2.75) is 38.5 Å². The van der Waals surface area contributed by atoms with Crippen molar-refractivity contribution in [3.63, 3.8) is 0 Å². The SMILES string of the molecule is COC(=O)CCC1CCCC(=O)C1. The van der Waals surface area contributed by atoms with Gasteiger partial charge in [-0.1, -0.05) is 0 Å². The van der Waals surface area contributed by atoms with Gasteiger partial charge in [-0.3, -0.25) is 9.59 Å². The van der Waals surface area contributed by atoms with Crippen molar-refractivity contribution in [2.75, 3.05) is 7.11 Å². The lowest BCUT2D eigenvalue weighted by Crippen LogP contribution is -2.16. The van der Waals surface area contributed by atoms with Crippen molar-refractivity contribution in [3.8, 4) is 0 Å². The minimum atomic E-state index is -0.168. The number of carbonyl (C=O) groups excluding carboxylic acids is 2. The van der Waals surface area contributed by atoms with Crippen LogP contribution in [0.1, 0.15) is 38.5 Å². The van der Waals surface area contributed by atoms with Crippen LogP contribution in [0.2, 0.25) is 0 Å². The van der Waals surface area contributed by atoms with Gasteiger partial charge in [0.05, 0.1) is 7.11 Å². The second-order valence-corrected chi connectivity index (χ2v) is 3.62. The first-order chi connectivity index (χ1) is 6.22. The fourth-order valence-corrected chi connectivity index (χ4v) is 1.78. The molecule has 1 saturated carbocycles. The lowest BCUT2D eigenvalue weighted by atomic mass is 9.85. The van der Waals surface area contributed by atoms with Crippen molar-refractivity contribution in [1.82, 2.24) is 0 Å². The third kappa shape index (κ3) is 3.57. The summed E-state index contributed by atoms with van der Waals surface area (Å²) in [5.41, 5.74) is 0. The number of ether oxygens (including phenoxy) is 1. The van der Waals surface area contributed by atoms with E-state index in [0.717, 1.165) is 25.7 Å². The molecule has 1 aliphatic rings. The predicted octanol–water partition coefficient (Wildman–Crippen LogP) is 1.70. The van der Waals surface area contributed by atoms with Gasteiger partial charge in [-0.15, -0.1) is 0 Å². The third-order valence-electron chi connectivity index (χ3n) is 2.57. The van der Waals surface area contributed by atoms with Crippen molar-refractivity contribution in [3.05, 3.63) is 0 Å². The molecule has 1 atom stereocenters. The predicted molar refractivity (Wildman–Crippen MR) is 48.2 cm³/mol. The number of ketones is 1. The van der Waals surface area contributed by atoms with Crippen LogP contribution in [-0.4, -0.2) is 18.9 Å². The number of hydrogen-bond acceptors (Lipinski definition) is 3. The van der Waals surface area contributed by atoms with E-state index in [1.165, 1.54) is 7.11 Å². The summed E-state index contributed by atoms with van der Waals surface area (Å²) >= 11 is 0. The molecule has 0 radical (unpaired) electrons. The van der Waals surface area contributed by atoms with Crippen LogP contribution in [0.25, 0.3) is 0 Å². The molecule has 3 heteroatoms. The van der Waals surface area contributed by atoms with E-state index in [2.05, 4.69) is 4.74 Å². The van der Waals surface area contributed by atoms with Crippen molar-refractivity contribution < 1.29 is 14.3 Å². The molecule has 0 bridgehead atoms. The molecule has 0 aromatic rings. The zero-order valence-electron chi connectivity index (χ0n) is 8.04. The van der Waals surface area contributed by atoms with E-state index < -0.39 is 0 Å². The Morgan fingerprint density at radius 3 is 3.00 bits per heavy atom. The van der Waals surface area contributed by atoms with Crippen molar-refractivity contribution in [2.24, 2.45) is 5.92 Å². The summed E-state index contributed by atoms with van der Waals surface area (Å²) in [7, 11) is 1.40. The Balaban J connectivity index is 2.20. The Bertz CT molecular complexity index is 198. The number of rotatable bonds is 3. The van der Waals surface area contributed by atoms with Crippen LogP contribution < -0.4 is 0 Å². The zero-order valence-corrected chi connectivity index (χ0v) is 8.04. The molecule has 0 aromatic carbocycles. The van der Waals surface area contributed by atoms with Crippen LogP contribution in [0.5, 0.6) is 0 Å². The topological polar surface area (TPSA) is 43.4 Å². The fourth-order valence-electron chi connectivity index (χ4n) is 1.78. The summed E-state index contributed by atoms with van der Waals surface area (Å²) < 4.78 is 4.54. The Hall–Kier alpha value is -0.860. The standard InChI is InChI=1S/C10H16O3/c1-13-10(12)6-5-8-3-2-4-9(11)7-8/h8H,2-7H2,1H3. The first-order valence-corrected chi connectivity index (χ1v) is 4.81. The number of Topliss-reactive ketones (excluding diaryl/α,β-unsaturated/α-hetero) is 1. The highest BCUT2D eigenvalue weighted by Gasteiger charge is 2.19. The molecule has 0 N–H and O–H groups in total. The van der Waals surface area contributed by atoms with E-state index in [1.807, 2.05) is 0 Å². The molecule has 1 aliphatic carbocycles. The van der Waals surface area contributed by atoms with Gasteiger partial charge in [0.1, 0.15) is 5.78 Å². The monoisotopic (exact) mass is 184 g/mol. The minimum Gasteiger partial charge on any atom is -0.469 e. The average Bonchev–Trinajstić information content (AvgIpc) is 2.14. The molecule has 74 valence electrons. The summed E-state index contributed by atoms with van der Waals surface area (Å²) in [5.74, 6) is 0.597. The lowest BCUT2D eigenvalue weighted by Gasteiger charge is -2.19. The normalized spacial score (nSPS) is 22.8. The van der Waals surface area contributed by atoms with E-state index in [4.69, 9.17) is 0 Å². The van der Waals surface area contributed by atoms with Gasteiger partial charge in [0, 0.05) is 19.3 Å². The molecule has 0 aliphatic heterocycles. The first kappa shape index (κ1) is 10.2. The van der Waals surface area contributed by atoms with E-state index in [9.17, 15) is 9.59 Å². The third-order valence-corrected chi connectivity index (χ3v) is 2.57. The van der Waals surface area contributed by atoms with E-state index in [1.54, 1.807) is 0 Å². The molecular formula is C10H16O3. The van der Waals surface area contributed by atoms with Gasteiger partial charge < -0.3 is 4.74 Å². The molecule has 0 aromatic heterocycles. The van der Waals surface area contributed by atoms with Crippen LogP contribution in [0.4, 0.5) is 0 Å². The van der Waals surface area contributed by atoms with Crippen molar-refractivity contribution >= 4 is 11.8 Å². The lowest BCUT2D eigenvalue weighted by molar-refractivity contribution is -0.141. The second-order valence-electron chi connectivity index (χ2n) is 3.62. The molecule has 13 heavy (non-hydrogen) atoms. The van der Waals surface area contributed by atoms with E-state index in [-0.39, 0.29) is 5.97 Å². The Kier molecular flexibility index (Phi) is 3.93. The van der Waals surface area contributed by atoms with Crippen LogP contribution in [0.3, 0.4) is 0 Å². The van der Waals surface area contributed by atoms with Gasteiger partial charge in [0.2, 0.25) is 0 Å². The van der Waals surface area contributed by atoms with Crippen LogP contribution >= 0.6 is 0 Å². The largest absolute Gasteiger partial charge is 0.469 e. The second kappa shape index (κ2) is 5.00. The van der Waals surface area contributed by atoms with Gasteiger partial charge in [0.25, 0.3) is 0 Å². The van der Waals surface area contributed by atoms with Crippen molar-refractivity contribution in [1.29, 1.82) is 0 Å². The number of methoxy groups -OCH3 is 1. The molecule has 0 spiro atoms. The van der Waals surface area contributed by atoms with Crippen LogP contribution in [-0.2, 0) is 14.3 Å². The molecule has 1 unspecified atom stereocenters. The highest BCUT2D eigenvalue weighted by molar-refractivity contribution is 5.79. The van der Waals surface area contributed by atoms with Gasteiger partial charge in [-0.05, 0) is 25.2 Å². The zero-order chi connectivity index (χ0) is 9.68. The Morgan fingerprint density at radius 1 is 1.62 bits per heavy atom. The maximum Gasteiger partial charge on any atom is 0.305 e. The summed E-state index contributed by atoms with van der Waals surface area (Å²) in [6.07, 6.45) is 4.73. The summed E-state index contributed by atoms with van der Waals surface area (Å²) in [5, 5.41) is 0. The van der Waals surface area contributed by atoms with Crippen LogP contribution in [0.15, 0.2) is 0 Å². The van der Waals surface area contributed by atoms with Gasteiger partial charge >= 0.3 is 5.97 Å². The van der Waals surface area contributed by atoms with E-state index >= 15 is 0 Å². The van der Waals surface area contributed by atoms with Gasteiger partial charge in [0.15, 0.2) is 0 Å². The number of esters is 1. The van der Waals surface area contributed by atoms with E-state index in [0.29, 0.717) is 24.5 Å². The molecule has 3 nitrogen and oxygen atoms in total. The summed E-state index contributed by atoms with van der Waals surface area (Å²) in [4.78, 5) is 21.9. The fraction of sp³-hybridized carbons (Fsp3) is 0.800. The molecule has 0 heterocycles. The highest BCUT2D eigenvalue weighted by Crippen LogP contribution is 2.25. The molecule has 1 rings (SSSR count). The highest BCUT2D eigenvalue weighted by atomic mass is 16.5. The Labute approximate surface area is 78.5 Å². The maximum absolute atomic E-state index is 11.1. The smallest absolute Gasteiger partial charge is 0.305 e.